The molecular formula is C27H30BrClF3N7O4. The first-order chi connectivity index (χ1) is 20.1. The van der Waals surface area contributed by atoms with E-state index >= 15 is 0 Å². The number of nitrogens with one attached hydrogen (secondary N) is 1. The number of rotatable bonds is 5. The Balaban J connectivity index is 1.47. The zero-order chi connectivity index (χ0) is 31.4. The standard InChI is InChI=1S/C27H30BrClF3N7O4/c1-5-19-21(36-11-15-7-8-16(12-36)38(15)25(42)43-26(2,3)4)22(41)39-24(34-23(28)35-39)37(19)13-20(40)33-18-9-6-14(10-17(18)29)27(30,31)32/h6,9-10,15-16H,5,7-8,11-13H2,1-4H3,(H,33,40). The lowest BCUT2D eigenvalue weighted by Gasteiger charge is -2.42. The van der Waals surface area contributed by atoms with Gasteiger partial charge in [-0.1, -0.05) is 18.5 Å². The van der Waals surface area contributed by atoms with Gasteiger partial charge < -0.3 is 19.5 Å². The summed E-state index contributed by atoms with van der Waals surface area (Å²) < 4.78 is 47.6. The number of hydrogen-bond donors (Lipinski definition) is 1. The second-order valence-electron chi connectivity index (χ2n) is 11.6. The van der Waals surface area contributed by atoms with Crippen LogP contribution < -0.4 is 15.8 Å². The molecule has 1 aromatic carbocycles. The van der Waals surface area contributed by atoms with Gasteiger partial charge in [-0.05, 0) is 74.2 Å². The summed E-state index contributed by atoms with van der Waals surface area (Å²) in [5, 5.41) is 6.48. The van der Waals surface area contributed by atoms with Crippen molar-refractivity contribution in [2.45, 2.75) is 77.4 Å². The zero-order valence-corrected chi connectivity index (χ0v) is 26.2. The lowest BCUT2D eigenvalue weighted by molar-refractivity contribution is -0.137. The van der Waals surface area contributed by atoms with Crippen molar-refractivity contribution in [3.63, 3.8) is 0 Å². The van der Waals surface area contributed by atoms with Gasteiger partial charge in [-0.2, -0.15) is 22.7 Å². The topological polar surface area (TPSA) is 114 Å². The van der Waals surface area contributed by atoms with Crippen molar-refractivity contribution in [1.82, 2.24) is 24.1 Å². The van der Waals surface area contributed by atoms with Crippen molar-refractivity contribution in [2.24, 2.45) is 0 Å². The van der Waals surface area contributed by atoms with E-state index in [0.717, 1.165) is 35.6 Å². The molecule has 11 nitrogen and oxygen atoms in total. The summed E-state index contributed by atoms with van der Waals surface area (Å²) in [6.45, 7) is 7.71. The van der Waals surface area contributed by atoms with Gasteiger partial charge in [-0.15, -0.1) is 5.10 Å². The average molecular weight is 689 g/mol. The maximum atomic E-state index is 13.8. The number of piperazine rings is 1. The fourth-order valence-corrected chi connectivity index (χ4v) is 6.27. The zero-order valence-electron chi connectivity index (χ0n) is 23.8. The van der Waals surface area contributed by atoms with E-state index in [0.29, 0.717) is 30.9 Å². The molecule has 2 amide bonds. The van der Waals surface area contributed by atoms with Gasteiger partial charge in [-0.3, -0.25) is 14.5 Å². The van der Waals surface area contributed by atoms with Crippen LogP contribution >= 0.6 is 27.5 Å². The van der Waals surface area contributed by atoms with Gasteiger partial charge in [0.1, 0.15) is 17.8 Å². The molecule has 2 saturated heterocycles. The molecule has 5 rings (SSSR count). The van der Waals surface area contributed by atoms with E-state index < -0.39 is 28.8 Å². The van der Waals surface area contributed by atoms with Crippen molar-refractivity contribution in [2.75, 3.05) is 23.3 Å². The van der Waals surface area contributed by atoms with E-state index in [2.05, 4.69) is 31.3 Å². The van der Waals surface area contributed by atoms with Crippen LogP contribution in [0.15, 0.2) is 27.7 Å². The Morgan fingerprint density at radius 3 is 2.37 bits per heavy atom. The third-order valence-corrected chi connectivity index (χ3v) is 8.06. The molecule has 2 bridgehead atoms. The molecule has 2 aromatic heterocycles. The highest BCUT2D eigenvalue weighted by Crippen LogP contribution is 2.35. The van der Waals surface area contributed by atoms with Crippen LogP contribution in [-0.4, -0.2) is 66.8 Å². The minimum Gasteiger partial charge on any atom is -0.444 e. The molecule has 0 aliphatic carbocycles. The Labute approximate surface area is 258 Å². The van der Waals surface area contributed by atoms with E-state index in [-0.39, 0.29) is 45.9 Å². The van der Waals surface area contributed by atoms with Gasteiger partial charge in [0.2, 0.25) is 16.4 Å². The lowest BCUT2D eigenvalue weighted by atomic mass is 10.1. The molecule has 232 valence electrons. The third kappa shape index (κ3) is 6.19. The number of halogens is 5. The molecule has 16 heteroatoms. The molecule has 43 heavy (non-hydrogen) atoms. The van der Waals surface area contributed by atoms with Crippen LogP contribution in [0.2, 0.25) is 5.02 Å². The number of benzene rings is 1. The highest BCUT2D eigenvalue weighted by molar-refractivity contribution is 9.10. The summed E-state index contributed by atoms with van der Waals surface area (Å²) in [5.74, 6) is -0.483. The van der Waals surface area contributed by atoms with Gasteiger partial charge in [0.15, 0.2) is 0 Å². The number of alkyl halides is 3. The van der Waals surface area contributed by atoms with Crippen LogP contribution in [0.25, 0.3) is 5.78 Å². The Kier molecular flexibility index (Phi) is 8.18. The van der Waals surface area contributed by atoms with Crippen molar-refractivity contribution in [1.29, 1.82) is 0 Å². The normalized spacial score (nSPS) is 18.8. The third-order valence-electron chi connectivity index (χ3n) is 7.41. The number of anilines is 2. The maximum Gasteiger partial charge on any atom is 0.416 e. The Morgan fingerprint density at radius 2 is 1.81 bits per heavy atom. The van der Waals surface area contributed by atoms with Crippen LogP contribution in [-0.2, 0) is 28.7 Å². The number of ether oxygens (including phenoxy) is 1. The Morgan fingerprint density at radius 1 is 1.16 bits per heavy atom. The predicted octanol–water partition coefficient (Wildman–Crippen LogP) is 5.11. The molecule has 2 aliphatic heterocycles. The van der Waals surface area contributed by atoms with Crippen LogP contribution in [0.5, 0.6) is 0 Å². The number of hydrogen-bond acceptors (Lipinski definition) is 7. The SMILES string of the molecule is CCc1c(N2CC3CCC(C2)N3C(=O)OC(C)(C)C)c(=O)n2nc(Br)nc2n1CC(=O)Nc1ccc(C(F)(F)F)cc1Cl. The summed E-state index contributed by atoms with van der Waals surface area (Å²) in [4.78, 5) is 48.0. The molecule has 0 saturated carbocycles. The van der Waals surface area contributed by atoms with Crippen LogP contribution in [0.1, 0.15) is 51.8 Å². The summed E-state index contributed by atoms with van der Waals surface area (Å²) in [6.07, 6.45) is -3.12. The Hall–Kier alpha value is -3.33. The largest absolute Gasteiger partial charge is 0.444 e. The minimum absolute atomic E-state index is 0.00694. The number of carbonyl (C=O) groups excluding carboxylic acids is 2. The van der Waals surface area contributed by atoms with E-state index in [1.807, 2.05) is 32.6 Å². The van der Waals surface area contributed by atoms with Gasteiger partial charge in [-0.25, -0.2) is 4.79 Å². The summed E-state index contributed by atoms with van der Waals surface area (Å²) in [6, 6.07) is 2.31. The molecule has 3 aromatic rings. The van der Waals surface area contributed by atoms with Gasteiger partial charge in [0.25, 0.3) is 5.56 Å². The highest BCUT2D eigenvalue weighted by Gasteiger charge is 2.45. The highest BCUT2D eigenvalue weighted by atomic mass is 79.9. The number of nitrogens with zero attached hydrogens (tertiary/aromatic N) is 6. The quantitative estimate of drug-likeness (QED) is 0.396. The smallest absolute Gasteiger partial charge is 0.416 e. The van der Waals surface area contributed by atoms with Crippen molar-refractivity contribution in [3.8, 4) is 0 Å². The number of carbonyl (C=O) groups is 2. The molecule has 0 spiro atoms. The molecule has 1 N–H and O–H groups in total. The number of fused-ring (bicyclic) bond motifs is 3. The second kappa shape index (κ2) is 11.3. The molecule has 2 fully saturated rings. The van der Waals surface area contributed by atoms with Crippen LogP contribution in [0, 0.1) is 0 Å². The summed E-state index contributed by atoms with van der Waals surface area (Å²) in [7, 11) is 0. The fraction of sp³-hybridized carbons (Fsp3) is 0.519. The van der Waals surface area contributed by atoms with E-state index in [1.165, 1.54) is 0 Å². The summed E-state index contributed by atoms with van der Waals surface area (Å²) in [5.41, 5.74) is -1.13. The minimum atomic E-state index is -4.58. The number of aromatic nitrogens is 4. The van der Waals surface area contributed by atoms with Crippen LogP contribution in [0.4, 0.5) is 29.3 Å². The van der Waals surface area contributed by atoms with Gasteiger partial charge in [0.05, 0.1) is 34.1 Å². The molecule has 0 radical (unpaired) electrons. The van der Waals surface area contributed by atoms with E-state index in [4.69, 9.17) is 16.3 Å². The summed E-state index contributed by atoms with van der Waals surface area (Å²) >= 11 is 9.26. The van der Waals surface area contributed by atoms with Crippen molar-refractivity contribution in [3.05, 3.63) is 49.6 Å². The van der Waals surface area contributed by atoms with Gasteiger partial charge in [0, 0.05) is 13.1 Å². The van der Waals surface area contributed by atoms with E-state index in [1.54, 1.807) is 9.47 Å². The first-order valence-corrected chi connectivity index (χ1v) is 14.8. The monoisotopic (exact) mass is 687 g/mol. The maximum absolute atomic E-state index is 13.8. The average Bonchev–Trinajstić information content (AvgIpc) is 3.41. The molecule has 2 aliphatic rings. The molecular weight excluding hydrogens is 659 g/mol. The molecule has 2 unspecified atom stereocenters. The first kappa shape index (κ1) is 31.1. The number of amides is 2. The predicted molar refractivity (Wildman–Crippen MR) is 157 cm³/mol. The second-order valence-corrected chi connectivity index (χ2v) is 12.7. The molecule has 2 atom stereocenters. The van der Waals surface area contributed by atoms with Gasteiger partial charge >= 0.3 is 12.3 Å². The van der Waals surface area contributed by atoms with E-state index in [9.17, 15) is 27.6 Å². The molecule has 4 heterocycles. The van der Waals surface area contributed by atoms with Crippen molar-refractivity contribution < 1.29 is 27.5 Å². The van der Waals surface area contributed by atoms with Crippen LogP contribution in [0.3, 0.4) is 0 Å². The van der Waals surface area contributed by atoms with Crippen molar-refractivity contribution >= 4 is 56.7 Å². The fourth-order valence-electron chi connectivity index (χ4n) is 5.73. The first-order valence-electron chi connectivity index (χ1n) is 13.7. The lowest BCUT2D eigenvalue weighted by Crippen LogP contribution is -2.58. The Bertz CT molecular complexity index is 1640.